The number of halogens is 1. The highest BCUT2D eigenvalue weighted by Crippen LogP contribution is 2.33. The highest BCUT2D eigenvalue weighted by molar-refractivity contribution is 5.94. The molecule has 0 spiro atoms. The van der Waals surface area contributed by atoms with Crippen LogP contribution in [0.2, 0.25) is 0 Å². The highest BCUT2D eigenvalue weighted by atomic mass is 19.1. The summed E-state index contributed by atoms with van der Waals surface area (Å²) in [5, 5.41) is 2.06. The third-order valence-corrected chi connectivity index (χ3v) is 7.53. The van der Waals surface area contributed by atoms with Crippen LogP contribution < -0.4 is 10.6 Å². The van der Waals surface area contributed by atoms with Crippen LogP contribution in [-0.4, -0.2) is 49.6 Å². The summed E-state index contributed by atoms with van der Waals surface area (Å²) >= 11 is 0. The van der Waals surface area contributed by atoms with E-state index in [0.717, 1.165) is 62.6 Å². The second-order valence-electron chi connectivity index (χ2n) is 9.74. The van der Waals surface area contributed by atoms with Crippen molar-refractivity contribution in [1.29, 1.82) is 0 Å². The van der Waals surface area contributed by atoms with Crippen LogP contribution in [0.15, 0.2) is 54.6 Å². The molecule has 0 aliphatic carbocycles. The molecular formula is C29H34FN3O2. The van der Waals surface area contributed by atoms with E-state index in [0.29, 0.717) is 18.2 Å². The molecule has 2 N–H and O–H groups in total. The van der Waals surface area contributed by atoms with Crippen LogP contribution in [0, 0.1) is 5.82 Å². The van der Waals surface area contributed by atoms with Gasteiger partial charge in [-0.15, -0.1) is 0 Å². The van der Waals surface area contributed by atoms with Gasteiger partial charge < -0.3 is 15.4 Å². The highest BCUT2D eigenvalue weighted by Gasteiger charge is 2.29. The molecule has 0 radical (unpaired) electrons. The van der Waals surface area contributed by atoms with Gasteiger partial charge in [0.2, 0.25) is 5.91 Å². The zero-order chi connectivity index (χ0) is 24.4. The topological polar surface area (TPSA) is 58.8 Å². The number of primary amides is 1. The van der Waals surface area contributed by atoms with Gasteiger partial charge in [-0.3, -0.25) is 9.69 Å². The van der Waals surface area contributed by atoms with Crippen LogP contribution in [0.25, 0.3) is 10.8 Å². The van der Waals surface area contributed by atoms with Crippen molar-refractivity contribution in [1.82, 2.24) is 4.90 Å². The molecule has 2 aliphatic heterocycles. The van der Waals surface area contributed by atoms with Gasteiger partial charge in [-0.2, -0.15) is 0 Å². The van der Waals surface area contributed by atoms with Gasteiger partial charge in [-0.25, -0.2) is 4.39 Å². The van der Waals surface area contributed by atoms with E-state index in [9.17, 15) is 9.18 Å². The van der Waals surface area contributed by atoms with Crippen molar-refractivity contribution < 1.29 is 13.9 Å². The Hall–Kier alpha value is -2.96. The summed E-state index contributed by atoms with van der Waals surface area (Å²) < 4.78 is 19.9. The Labute approximate surface area is 206 Å². The zero-order valence-electron chi connectivity index (χ0n) is 20.4. The van der Waals surface area contributed by atoms with Crippen LogP contribution in [0.3, 0.4) is 0 Å². The summed E-state index contributed by atoms with van der Waals surface area (Å²) in [7, 11) is 0. The van der Waals surface area contributed by atoms with E-state index in [1.54, 1.807) is 12.1 Å². The molecule has 2 aliphatic rings. The molecular weight excluding hydrogens is 441 g/mol. The number of fused-ring (bicyclic) bond motifs is 2. The fourth-order valence-corrected chi connectivity index (χ4v) is 5.74. The van der Waals surface area contributed by atoms with Crippen molar-refractivity contribution in [2.75, 3.05) is 37.7 Å². The first-order valence-corrected chi connectivity index (χ1v) is 12.7. The number of hydrogen-bond acceptors (Lipinski definition) is 4. The van der Waals surface area contributed by atoms with Crippen molar-refractivity contribution in [3.63, 3.8) is 0 Å². The third-order valence-electron chi connectivity index (χ3n) is 7.53. The zero-order valence-corrected chi connectivity index (χ0v) is 20.4. The molecule has 3 aromatic rings. The van der Waals surface area contributed by atoms with E-state index < -0.39 is 0 Å². The van der Waals surface area contributed by atoms with Crippen molar-refractivity contribution >= 4 is 22.4 Å². The van der Waals surface area contributed by atoms with Crippen molar-refractivity contribution in [3.05, 3.63) is 77.1 Å². The van der Waals surface area contributed by atoms with Crippen molar-refractivity contribution in [3.8, 4) is 0 Å². The van der Waals surface area contributed by atoms with Crippen LogP contribution in [0.4, 0.5) is 10.1 Å². The lowest BCUT2D eigenvalue weighted by atomic mass is 9.93. The number of nitrogens with two attached hydrogens (primary N) is 1. The molecule has 0 bridgehead atoms. The summed E-state index contributed by atoms with van der Waals surface area (Å²) in [6.45, 7) is 6.79. The maximum absolute atomic E-state index is 13.8. The number of carbonyl (C=O) groups excluding carboxylic acids is 1. The van der Waals surface area contributed by atoms with Gasteiger partial charge in [0.25, 0.3) is 0 Å². The molecule has 1 saturated heterocycles. The summed E-state index contributed by atoms with van der Waals surface area (Å²) in [5.74, 6) is -0.576. The van der Waals surface area contributed by atoms with Gasteiger partial charge in [-0.1, -0.05) is 31.5 Å². The fraction of sp³-hybridized carbons (Fsp3) is 0.414. The van der Waals surface area contributed by atoms with Crippen LogP contribution in [0.5, 0.6) is 0 Å². The molecule has 1 fully saturated rings. The molecule has 5 rings (SSSR count). The summed E-state index contributed by atoms with van der Waals surface area (Å²) in [4.78, 5) is 16.7. The second kappa shape index (κ2) is 10.3. The van der Waals surface area contributed by atoms with Crippen LogP contribution in [0.1, 0.15) is 53.8 Å². The maximum Gasteiger partial charge on any atom is 0.248 e. The number of rotatable bonds is 7. The lowest BCUT2D eigenvalue weighted by Gasteiger charge is -2.43. The summed E-state index contributed by atoms with van der Waals surface area (Å²) in [6, 6.07) is 17.5. The molecule has 0 aromatic heterocycles. The number of hydrogen-bond donors (Lipinski definition) is 1. The van der Waals surface area contributed by atoms with Crippen LogP contribution in [-0.2, 0) is 11.2 Å². The largest absolute Gasteiger partial charge is 0.373 e. The number of anilines is 1. The summed E-state index contributed by atoms with van der Waals surface area (Å²) in [5.41, 5.74) is 9.61. The summed E-state index contributed by atoms with van der Waals surface area (Å²) in [6.07, 6.45) is 4.07. The first kappa shape index (κ1) is 23.8. The normalized spacial score (nSPS) is 20.7. The Balaban J connectivity index is 1.28. The average Bonchev–Trinajstić information content (AvgIpc) is 2.87. The van der Waals surface area contributed by atoms with Gasteiger partial charge in [0.15, 0.2) is 0 Å². The lowest BCUT2D eigenvalue weighted by Crippen LogP contribution is -2.53. The Morgan fingerprint density at radius 3 is 2.83 bits per heavy atom. The van der Waals surface area contributed by atoms with E-state index in [2.05, 4.69) is 22.8 Å². The van der Waals surface area contributed by atoms with Crippen molar-refractivity contribution in [2.24, 2.45) is 5.73 Å². The van der Waals surface area contributed by atoms with E-state index in [1.807, 2.05) is 36.4 Å². The second-order valence-corrected chi connectivity index (χ2v) is 9.74. The number of carbonyl (C=O) groups is 1. The molecule has 2 atom stereocenters. The number of amides is 1. The number of benzene rings is 3. The predicted octanol–water partition coefficient (Wildman–Crippen LogP) is 5.07. The fourth-order valence-electron chi connectivity index (χ4n) is 5.74. The molecule has 3 aromatic carbocycles. The van der Waals surface area contributed by atoms with Gasteiger partial charge in [0, 0.05) is 48.9 Å². The number of piperazine rings is 1. The van der Waals surface area contributed by atoms with Gasteiger partial charge in [0.05, 0.1) is 12.7 Å². The van der Waals surface area contributed by atoms with E-state index in [1.165, 1.54) is 16.8 Å². The molecule has 184 valence electrons. The number of ether oxygens (including phenoxy) is 1. The van der Waals surface area contributed by atoms with Crippen molar-refractivity contribution in [2.45, 2.75) is 44.8 Å². The molecule has 2 heterocycles. The lowest BCUT2D eigenvalue weighted by molar-refractivity contribution is 0.0241. The Morgan fingerprint density at radius 2 is 2.00 bits per heavy atom. The number of nitrogens with zero attached hydrogens (tertiary/aromatic N) is 2. The van der Waals surface area contributed by atoms with Gasteiger partial charge >= 0.3 is 0 Å². The Morgan fingerprint density at radius 1 is 1.11 bits per heavy atom. The van der Waals surface area contributed by atoms with Gasteiger partial charge in [-0.05, 0) is 72.2 Å². The molecule has 0 saturated carbocycles. The maximum atomic E-state index is 13.8. The van der Waals surface area contributed by atoms with E-state index in [-0.39, 0.29) is 17.8 Å². The minimum Gasteiger partial charge on any atom is -0.373 e. The average molecular weight is 476 g/mol. The molecule has 0 unspecified atom stereocenters. The first-order chi connectivity index (χ1) is 17.0. The Kier molecular flexibility index (Phi) is 7.02. The standard InChI is InChI=1S/C29H34FN3O2/c1-2-4-24-19-33(27-6-3-5-20-18-23(30)8-10-25(20)27)15-14-32(24)13-11-28-26-9-7-22(29(31)34)17-21(26)12-16-35-28/h3,5-10,17-18,24,28H,2,4,11-16,19H2,1H3,(H2,31,34)/t24-,28+/m1/s1. The molecule has 5 nitrogen and oxygen atoms in total. The van der Waals surface area contributed by atoms with Gasteiger partial charge in [0.1, 0.15) is 5.82 Å². The predicted molar refractivity (Wildman–Crippen MR) is 138 cm³/mol. The molecule has 1 amide bonds. The van der Waals surface area contributed by atoms with Crippen LogP contribution >= 0.6 is 0 Å². The third kappa shape index (κ3) is 5.04. The minimum atomic E-state index is -0.382. The SMILES string of the molecule is CCC[C@@H]1CN(c2cccc3cc(F)ccc23)CCN1CC[C@@H]1OCCc2cc(C(N)=O)ccc21. The monoisotopic (exact) mass is 475 g/mol. The quantitative estimate of drug-likeness (QED) is 0.518. The smallest absolute Gasteiger partial charge is 0.248 e. The molecule has 35 heavy (non-hydrogen) atoms. The minimum absolute atomic E-state index is 0.0500. The van der Waals surface area contributed by atoms with E-state index >= 15 is 0 Å². The molecule has 6 heteroatoms. The first-order valence-electron chi connectivity index (χ1n) is 12.7. The Bertz CT molecular complexity index is 1210. The van der Waals surface area contributed by atoms with E-state index in [4.69, 9.17) is 10.5 Å².